The largest absolute Gasteiger partial charge is 0.490 e. The molecule has 0 saturated heterocycles. The van der Waals surface area contributed by atoms with E-state index in [9.17, 15) is 5.11 Å². The summed E-state index contributed by atoms with van der Waals surface area (Å²) in [5.74, 6) is 0.984. The van der Waals surface area contributed by atoms with Crippen LogP contribution >= 0.6 is 0 Å². The molecule has 1 unspecified atom stereocenters. The number of rotatable bonds is 5. The lowest BCUT2D eigenvalue weighted by Gasteiger charge is -2.13. The Morgan fingerprint density at radius 1 is 1.24 bits per heavy atom. The van der Waals surface area contributed by atoms with Gasteiger partial charge in [0.15, 0.2) is 0 Å². The van der Waals surface area contributed by atoms with Crippen LogP contribution < -0.4 is 4.74 Å². The van der Waals surface area contributed by atoms with Crippen molar-refractivity contribution in [1.29, 1.82) is 0 Å². The minimum Gasteiger partial charge on any atom is -0.490 e. The van der Waals surface area contributed by atoms with Crippen molar-refractivity contribution in [2.45, 2.75) is 57.7 Å². The third-order valence-electron chi connectivity index (χ3n) is 3.38. The maximum Gasteiger partial charge on any atom is 0.119 e. The van der Waals surface area contributed by atoms with E-state index in [-0.39, 0.29) is 6.10 Å². The van der Waals surface area contributed by atoms with E-state index in [4.69, 9.17) is 4.74 Å². The Hall–Kier alpha value is -1.02. The molecule has 2 rings (SSSR count). The van der Waals surface area contributed by atoms with Crippen LogP contribution in [0, 0.1) is 0 Å². The monoisotopic (exact) mass is 234 g/mol. The third kappa shape index (κ3) is 4.04. The van der Waals surface area contributed by atoms with Crippen LogP contribution in [0.2, 0.25) is 0 Å². The Morgan fingerprint density at radius 3 is 2.47 bits per heavy atom. The van der Waals surface area contributed by atoms with Gasteiger partial charge >= 0.3 is 0 Å². The quantitative estimate of drug-likeness (QED) is 0.847. The van der Waals surface area contributed by atoms with E-state index in [2.05, 4.69) is 24.3 Å². The number of benzene rings is 1. The van der Waals surface area contributed by atoms with Crippen LogP contribution in [0.15, 0.2) is 24.3 Å². The highest BCUT2D eigenvalue weighted by molar-refractivity contribution is 5.27. The summed E-state index contributed by atoms with van der Waals surface area (Å²) in [7, 11) is 0. The van der Waals surface area contributed by atoms with Gasteiger partial charge in [-0.25, -0.2) is 0 Å². The molecule has 1 aliphatic rings. The molecule has 0 aliphatic heterocycles. The minimum atomic E-state index is -0.218. The van der Waals surface area contributed by atoms with E-state index in [0.717, 1.165) is 18.6 Å². The second-order valence-corrected chi connectivity index (χ2v) is 5.06. The molecule has 1 fully saturated rings. The average Bonchev–Trinajstić information content (AvgIpc) is 2.81. The number of aliphatic hydroxyl groups is 1. The van der Waals surface area contributed by atoms with Crippen LogP contribution in [0.3, 0.4) is 0 Å². The summed E-state index contributed by atoms with van der Waals surface area (Å²) >= 11 is 0. The van der Waals surface area contributed by atoms with E-state index >= 15 is 0 Å². The number of ether oxygens (including phenoxy) is 1. The van der Waals surface area contributed by atoms with Crippen molar-refractivity contribution < 1.29 is 9.84 Å². The Bertz CT molecular complexity index is 323. The zero-order valence-corrected chi connectivity index (χ0v) is 10.6. The lowest BCUT2D eigenvalue weighted by atomic mass is 10.1. The standard InChI is InChI=1S/C15H22O2/c1-12(16)6-7-13-8-10-15(11-9-13)17-14-4-2-3-5-14/h8-12,14,16H,2-7H2,1H3. The maximum atomic E-state index is 9.23. The molecule has 2 heteroatoms. The van der Waals surface area contributed by atoms with Crippen molar-refractivity contribution in [1.82, 2.24) is 0 Å². The van der Waals surface area contributed by atoms with E-state index < -0.39 is 0 Å². The first-order valence-electron chi connectivity index (χ1n) is 6.68. The molecule has 0 spiro atoms. The van der Waals surface area contributed by atoms with Crippen molar-refractivity contribution in [2.75, 3.05) is 0 Å². The maximum absolute atomic E-state index is 9.23. The van der Waals surface area contributed by atoms with Gasteiger partial charge in [-0.15, -0.1) is 0 Å². The van der Waals surface area contributed by atoms with Crippen LogP contribution in [0.1, 0.15) is 44.6 Å². The predicted octanol–water partition coefficient (Wildman–Crippen LogP) is 3.32. The molecule has 2 nitrogen and oxygen atoms in total. The van der Waals surface area contributed by atoms with E-state index in [0.29, 0.717) is 6.10 Å². The van der Waals surface area contributed by atoms with Gasteiger partial charge in [-0.1, -0.05) is 12.1 Å². The van der Waals surface area contributed by atoms with E-state index in [1.54, 1.807) is 0 Å². The first-order valence-corrected chi connectivity index (χ1v) is 6.68. The summed E-state index contributed by atoms with van der Waals surface area (Å²) in [6, 6.07) is 8.31. The fourth-order valence-electron chi connectivity index (χ4n) is 2.31. The topological polar surface area (TPSA) is 29.5 Å². The molecule has 0 heterocycles. The molecule has 17 heavy (non-hydrogen) atoms. The molecule has 1 atom stereocenters. The van der Waals surface area contributed by atoms with Gasteiger partial charge in [0.2, 0.25) is 0 Å². The highest BCUT2D eigenvalue weighted by Gasteiger charge is 2.16. The zero-order chi connectivity index (χ0) is 12.1. The Kier molecular flexibility index (Phi) is 4.43. The predicted molar refractivity (Wildman–Crippen MR) is 69.3 cm³/mol. The summed E-state index contributed by atoms with van der Waals surface area (Å²) in [5.41, 5.74) is 1.27. The second kappa shape index (κ2) is 6.06. The smallest absolute Gasteiger partial charge is 0.119 e. The lowest BCUT2D eigenvalue weighted by Crippen LogP contribution is -2.10. The van der Waals surface area contributed by atoms with Gasteiger partial charge in [0.05, 0.1) is 12.2 Å². The summed E-state index contributed by atoms with van der Waals surface area (Å²) in [4.78, 5) is 0. The Labute approximate surface area is 104 Å². The molecule has 0 bridgehead atoms. The van der Waals surface area contributed by atoms with Crippen molar-refractivity contribution in [3.05, 3.63) is 29.8 Å². The van der Waals surface area contributed by atoms with Crippen LogP contribution in [0.4, 0.5) is 0 Å². The lowest BCUT2D eigenvalue weighted by molar-refractivity contribution is 0.185. The fraction of sp³-hybridized carbons (Fsp3) is 0.600. The third-order valence-corrected chi connectivity index (χ3v) is 3.38. The Morgan fingerprint density at radius 2 is 1.88 bits per heavy atom. The fourth-order valence-corrected chi connectivity index (χ4v) is 2.31. The van der Waals surface area contributed by atoms with Gasteiger partial charge in [0.25, 0.3) is 0 Å². The normalized spacial score (nSPS) is 18.2. The number of aliphatic hydroxyl groups excluding tert-OH is 1. The molecule has 0 radical (unpaired) electrons. The summed E-state index contributed by atoms with van der Waals surface area (Å²) in [6.45, 7) is 1.83. The first kappa shape index (κ1) is 12.4. The van der Waals surface area contributed by atoms with Crippen molar-refractivity contribution >= 4 is 0 Å². The van der Waals surface area contributed by atoms with Crippen LogP contribution in [0.5, 0.6) is 5.75 Å². The highest BCUT2D eigenvalue weighted by Crippen LogP contribution is 2.24. The average molecular weight is 234 g/mol. The molecule has 1 saturated carbocycles. The number of hydrogen-bond donors (Lipinski definition) is 1. The molecule has 1 aromatic rings. The van der Waals surface area contributed by atoms with Crippen molar-refractivity contribution in [3.8, 4) is 5.75 Å². The molecular formula is C15H22O2. The van der Waals surface area contributed by atoms with Crippen molar-refractivity contribution in [2.24, 2.45) is 0 Å². The van der Waals surface area contributed by atoms with Gasteiger partial charge in [-0.05, 0) is 63.1 Å². The first-order chi connectivity index (χ1) is 8.24. The van der Waals surface area contributed by atoms with E-state index in [1.165, 1.54) is 31.2 Å². The SMILES string of the molecule is CC(O)CCc1ccc(OC2CCCC2)cc1. The second-order valence-electron chi connectivity index (χ2n) is 5.06. The van der Waals surface area contributed by atoms with Gasteiger partial charge < -0.3 is 9.84 Å². The summed E-state index contributed by atoms with van der Waals surface area (Å²) < 4.78 is 5.91. The zero-order valence-electron chi connectivity index (χ0n) is 10.6. The number of aryl methyl sites for hydroxylation is 1. The van der Waals surface area contributed by atoms with E-state index in [1.807, 2.05) is 6.92 Å². The molecule has 1 aromatic carbocycles. The molecule has 94 valence electrons. The van der Waals surface area contributed by atoms with Crippen LogP contribution in [0.25, 0.3) is 0 Å². The highest BCUT2D eigenvalue weighted by atomic mass is 16.5. The molecule has 0 amide bonds. The van der Waals surface area contributed by atoms with Crippen molar-refractivity contribution in [3.63, 3.8) is 0 Å². The molecule has 0 aromatic heterocycles. The van der Waals surface area contributed by atoms with Gasteiger partial charge in [0, 0.05) is 0 Å². The van der Waals surface area contributed by atoms with Crippen LogP contribution in [-0.2, 0) is 6.42 Å². The molecular weight excluding hydrogens is 212 g/mol. The molecule has 1 N–H and O–H groups in total. The summed E-state index contributed by atoms with van der Waals surface area (Å²) in [5, 5.41) is 9.23. The van der Waals surface area contributed by atoms with Gasteiger partial charge in [-0.2, -0.15) is 0 Å². The minimum absolute atomic E-state index is 0.218. The van der Waals surface area contributed by atoms with Crippen LogP contribution in [-0.4, -0.2) is 17.3 Å². The molecule has 1 aliphatic carbocycles. The number of hydrogen-bond acceptors (Lipinski definition) is 2. The van der Waals surface area contributed by atoms with Gasteiger partial charge in [0.1, 0.15) is 5.75 Å². The van der Waals surface area contributed by atoms with Gasteiger partial charge in [-0.3, -0.25) is 0 Å². The summed E-state index contributed by atoms with van der Waals surface area (Å²) in [6.07, 6.45) is 6.97. The Balaban J connectivity index is 1.84.